The van der Waals surface area contributed by atoms with Crippen molar-refractivity contribution >= 4 is 5.91 Å². The molecule has 1 N–H and O–H groups in total. The van der Waals surface area contributed by atoms with E-state index >= 15 is 0 Å². The third-order valence-electron chi connectivity index (χ3n) is 2.72. The summed E-state index contributed by atoms with van der Waals surface area (Å²) in [5.74, 6) is -0.0932. The van der Waals surface area contributed by atoms with Crippen LogP contribution < -0.4 is 5.32 Å². The molecule has 1 amide bonds. The zero-order valence-electron chi connectivity index (χ0n) is 10.0. The Hall–Kier alpha value is -2.35. The van der Waals surface area contributed by atoms with E-state index in [1.54, 1.807) is 18.2 Å². The minimum absolute atomic E-state index is 0.0932. The fraction of sp³-hybridized carbons (Fsp3) is 0.0625. The van der Waals surface area contributed by atoms with E-state index in [-0.39, 0.29) is 11.9 Å². The lowest BCUT2D eigenvalue weighted by Gasteiger charge is -2.15. The Balaban J connectivity index is 2.13. The normalized spacial score (nSPS) is 11.6. The number of hydrogen-bond donors (Lipinski definition) is 1. The molecule has 0 aliphatic heterocycles. The number of carbonyl (C=O) groups is 1. The molecule has 0 saturated heterocycles. The second kappa shape index (κ2) is 5.82. The Labute approximate surface area is 107 Å². The van der Waals surface area contributed by atoms with Gasteiger partial charge in [0.15, 0.2) is 0 Å². The van der Waals surface area contributed by atoms with Crippen molar-refractivity contribution < 1.29 is 4.79 Å². The number of rotatable bonds is 4. The molecule has 0 fully saturated rings. The standard InChI is InChI=1S/C16H15NO/c1-2-15(13-9-5-3-6-10-13)17-16(18)14-11-7-4-8-12-14/h2-12,15H,1H2,(H,17,18)/t15-/m1/s1. The van der Waals surface area contributed by atoms with Gasteiger partial charge in [-0.2, -0.15) is 0 Å². The van der Waals surface area contributed by atoms with Crippen molar-refractivity contribution in [3.05, 3.63) is 84.4 Å². The largest absolute Gasteiger partial charge is 0.342 e. The lowest BCUT2D eigenvalue weighted by Crippen LogP contribution is -2.27. The molecule has 2 nitrogen and oxygen atoms in total. The number of benzene rings is 2. The van der Waals surface area contributed by atoms with E-state index in [1.807, 2.05) is 48.5 Å². The molecule has 1 atom stereocenters. The van der Waals surface area contributed by atoms with Gasteiger partial charge in [0.1, 0.15) is 0 Å². The van der Waals surface area contributed by atoms with Crippen molar-refractivity contribution in [2.24, 2.45) is 0 Å². The fourth-order valence-electron chi connectivity index (χ4n) is 1.75. The summed E-state index contributed by atoms with van der Waals surface area (Å²) >= 11 is 0. The van der Waals surface area contributed by atoms with Crippen LogP contribution in [0.15, 0.2) is 73.3 Å². The molecular formula is C16H15NO. The zero-order chi connectivity index (χ0) is 12.8. The van der Waals surface area contributed by atoms with Crippen LogP contribution in [0.1, 0.15) is 22.0 Å². The molecule has 0 aliphatic carbocycles. The van der Waals surface area contributed by atoms with Crippen LogP contribution in [-0.4, -0.2) is 5.91 Å². The van der Waals surface area contributed by atoms with Crippen LogP contribution >= 0.6 is 0 Å². The van der Waals surface area contributed by atoms with Crippen LogP contribution in [0.3, 0.4) is 0 Å². The molecule has 0 heterocycles. The van der Waals surface area contributed by atoms with E-state index in [9.17, 15) is 4.79 Å². The van der Waals surface area contributed by atoms with Gasteiger partial charge in [-0.15, -0.1) is 6.58 Å². The first-order valence-electron chi connectivity index (χ1n) is 5.84. The highest BCUT2D eigenvalue weighted by Crippen LogP contribution is 2.14. The molecule has 18 heavy (non-hydrogen) atoms. The minimum atomic E-state index is -0.168. The molecule has 0 aromatic heterocycles. The van der Waals surface area contributed by atoms with Gasteiger partial charge in [-0.05, 0) is 17.7 Å². The fourth-order valence-corrected chi connectivity index (χ4v) is 1.75. The second-order valence-electron chi connectivity index (χ2n) is 3.96. The monoisotopic (exact) mass is 237 g/mol. The molecule has 2 aromatic rings. The number of amides is 1. The van der Waals surface area contributed by atoms with Gasteiger partial charge >= 0.3 is 0 Å². The van der Waals surface area contributed by atoms with Gasteiger partial charge in [0.05, 0.1) is 6.04 Å². The first-order valence-corrected chi connectivity index (χ1v) is 5.84. The Kier molecular flexibility index (Phi) is 3.92. The second-order valence-corrected chi connectivity index (χ2v) is 3.96. The van der Waals surface area contributed by atoms with E-state index in [2.05, 4.69) is 11.9 Å². The van der Waals surface area contributed by atoms with E-state index in [1.165, 1.54) is 0 Å². The van der Waals surface area contributed by atoms with Gasteiger partial charge in [-0.25, -0.2) is 0 Å². The third kappa shape index (κ3) is 2.86. The minimum Gasteiger partial charge on any atom is -0.342 e. The molecule has 0 unspecified atom stereocenters. The summed E-state index contributed by atoms with van der Waals surface area (Å²) in [7, 11) is 0. The van der Waals surface area contributed by atoms with Crippen LogP contribution in [0.2, 0.25) is 0 Å². The Bertz CT molecular complexity index is 519. The van der Waals surface area contributed by atoms with Crippen LogP contribution in [0.25, 0.3) is 0 Å². The number of hydrogen-bond acceptors (Lipinski definition) is 1. The summed E-state index contributed by atoms with van der Waals surface area (Å²) in [5, 5.41) is 2.94. The first-order chi connectivity index (χ1) is 8.81. The van der Waals surface area contributed by atoms with Gasteiger partial charge in [0.25, 0.3) is 5.91 Å². The van der Waals surface area contributed by atoms with Crippen molar-refractivity contribution in [2.45, 2.75) is 6.04 Å². The summed E-state index contributed by atoms with van der Waals surface area (Å²) in [6, 6.07) is 18.8. The van der Waals surface area contributed by atoms with Gasteiger partial charge in [-0.1, -0.05) is 54.6 Å². The van der Waals surface area contributed by atoms with Crippen molar-refractivity contribution in [2.75, 3.05) is 0 Å². The lowest BCUT2D eigenvalue weighted by molar-refractivity contribution is 0.0944. The van der Waals surface area contributed by atoms with Crippen molar-refractivity contribution in [1.29, 1.82) is 0 Å². The van der Waals surface area contributed by atoms with Crippen LogP contribution in [-0.2, 0) is 0 Å². The van der Waals surface area contributed by atoms with Crippen molar-refractivity contribution in [3.63, 3.8) is 0 Å². The molecule has 0 bridgehead atoms. The summed E-state index contributed by atoms with van der Waals surface area (Å²) in [4.78, 5) is 12.0. The van der Waals surface area contributed by atoms with E-state index in [0.29, 0.717) is 5.56 Å². The summed E-state index contributed by atoms with van der Waals surface area (Å²) in [6.45, 7) is 3.77. The quantitative estimate of drug-likeness (QED) is 0.812. The van der Waals surface area contributed by atoms with Gasteiger partial charge in [0.2, 0.25) is 0 Å². The van der Waals surface area contributed by atoms with Crippen molar-refractivity contribution in [3.8, 4) is 0 Å². The summed E-state index contributed by atoms with van der Waals surface area (Å²) in [6.07, 6.45) is 1.73. The summed E-state index contributed by atoms with van der Waals surface area (Å²) in [5.41, 5.74) is 1.68. The Morgan fingerprint density at radius 3 is 2.11 bits per heavy atom. The zero-order valence-corrected chi connectivity index (χ0v) is 10.0. The molecule has 90 valence electrons. The number of nitrogens with one attached hydrogen (secondary N) is 1. The van der Waals surface area contributed by atoms with E-state index in [4.69, 9.17) is 0 Å². The maximum atomic E-state index is 12.0. The summed E-state index contributed by atoms with van der Waals surface area (Å²) < 4.78 is 0. The SMILES string of the molecule is C=C[C@@H](NC(=O)c1ccccc1)c1ccccc1. The van der Waals surface area contributed by atoms with Crippen LogP contribution in [0, 0.1) is 0 Å². The van der Waals surface area contributed by atoms with Crippen molar-refractivity contribution in [1.82, 2.24) is 5.32 Å². The predicted octanol–water partition coefficient (Wildman–Crippen LogP) is 3.34. The molecule has 2 heteroatoms. The van der Waals surface area contributed by atoms with Gasteiger partial charge in [0, 0.05) is 5.56 Å². The maximum absolute atomic E-state index is 12.0. The molecule has 0 spiro atoms. The highest BCUT2D eigenvalue weighted by Gasteiger charge is 2.11. The topological polar surface area (TPSA) is 29.1 Å². The smallest absolute Gasteiger partial charge is 0.252 e. The maximum Gasteiger partial charge on any atom is 0.252 e. The van der Waals surface area contributed by atoms with Gasteiger partial charge < -0.3 is 5.32 Å². The first kappa shape index (κ1) is 12.1. The third-order valence-corrected chi connectivity index (χ3v) is 2.72. The molecule has 0 saturated carbocycles. The number of carbonyl (C=O) groups excluding carboxylic acids is 1. The average molecular weight is 237 g/mol. The highest BCUT2D eigenvalue weighted by atomic mass is 16.1. The lowest BCUT2D eigenvalue weighted by atomic mass is 10.1. The average Bonchev–Trinajstić information content (AvgIpc) is 2.46. The predicted molar refractivity (Wildman–Crippen MR) is 73.3 cm³/mol. The molecular weight excluding hydrogens is 222 g/mol. The Morgan fingerprint density at radius 2 is 1.56 bits per heavy atom. The molecule has 0 radical (unpaired) electrons. The van der Waals surface area contributed by atoms with Gasteiger partial charge in [-0.3, -0.25) is 4.79 Å². The van der Waals surface area contributed by atoms with Crippen LogP contribution in [0.5, 0.6) is 0 Å². The molecule has 2 aromatic carbocycles. The van der Waals surface area contributed by atoms with E-state index in [0.717, 1.165) is 5.56 Å². The molecule has 0 aliphatic rings. The van der Waals surface area contributed by atoms with E-state index < -0.39 is 0 Å². The molecule has 2 rings (SSSR count). The van der Waals surface area contributed by atoms with Crippen LogP contribution in [0.4, 0.5) is 0 Å². The Morgan fingerprint density at radius 1 is 1.00 bits per heavy atom. The highest BCUT2D eigenvalue weighted by molar-refractivity contribution is 5.94.